The molecule has 1 unspecified atom stereocenters. The first-order chi connectivity index (χ1) is 12.2. The minimum absolute atomic E-state index is 0.230. The van der Waals surface area contributed by atoms with E-state index < -0.39 is 0 Å². The maximum Gasteiger partial charge on any atom is 0.244 e. The lowest BCUT2D eigenvalue weighted by Crippen LogP contribution is -2.23. The predicted molar refractivity (Wildman–Crippen MR) is 94.3 cm³/mol. The van der Waals surface area contributed by atoms with Crippen LogP contribution in [0.3, 0.4) is 0 Å². The van der Waals surface area contributed by atoms with Crippen LogP contribution in [0.4, 0.5) is 0 Å². The average molecular weight is 337 g/mol. The van der Waals surface area contributed by atoms with E-state index in [1.165, 1.54) is 5.56 Å². The van der Waals surface area contributed by atoms with Gasteiger partial charge in [-0.3, -0.25) is 4.90 Å². The second-order valence-electron chi connectivity index (χ2n) is 6.91. The van der Waals surface area contributed by atoms with Gasteiger partial charge in [0.1, 0.15) is 0 Å². The van der Waals surface area contributed by atoms with E-state index in [4.69, 9.17) is 4.52 Å². The summed E-state index contributed by atoms with van der Waals surface area (Å²) in [5.41, 5.74) is 2.41. The lowest BCUT2D eigenvalue weighted by atomic mass is 10.1. The lowest BCUT2D eigenvalue weighted by molar-refractivity contribution is 0.201. The van der Waals surface area contributed by atoms with Crippen molar-refractivity contribution >= 4 is 0 Å². The van der Waals surface area contributed by atoms with E-state index in [9.17, 15) is 0 Å². The first-order valence-electron chi connectivity index (χ1n) is 8.85. The topological polar surface area (TPSA) is 60.0 Å². The largest absolute Gasteiger partial charge is 0.338 e. The Bertz CT molecular complexity index is 807. The number of aromatic nitrogens is 4. The number of rotatable bonds is 5. The summed E-state index contributed by atoms with van der Waals surface area (Å²) in [4.78, 5) is 11.1. The molecule has 130 valence electrons. The van der Waals surface area contributed by atoms with Gasteiger partial charge in [0.15, 0.2) is 5.82 Å². The molecule has 1 aliphatic rings. The number of imidazole rings is 1. The Balaban J connectivity index is 1.47. The monoisotopic (exact) mass is 337 g/mol. The third-order valence-electron chi connectivity index (χ3n) is 4.75. The smallest absolute Gasteiger partial charge is 0.244 e. The summed E-state index contributed by atoms with van der Waals surface area (Å²) >= 11 is 0. The van der Waals surface area contributed by atoms with Crippen molar-refractivity contribution in [2.45, 2.75) is 45.2 Å². The molecule has 0 bridgehead atoms. The zero-order valence-corrected chi connectivity index (χ0v) is 14.7. The van der Waals surface area contributed by atoms with E-state index in [2.05, 4.69) is 58.1 Å². The van der Waals surface area contributed by atoms with Gasteiger partial charge in [0, 0.05) is 30.5 Å². The molecule has 0 amide bonds. The highest BCUT2D eigenvalue weighted by Crippen LogP contribution is 2.32. The highest BCUT2D eigenvalue weighted by atomic mass is 16.5. The molecule has 3 aromatic rings. The highest BCUT2D eigenvalue weighted by Gasteiger charge is 2.30. The SMILES string of the molecule is CC(C)c1noc(C2CCCN2Cc2ccc(-n3ccnc3)cc2)n1. The van der Waals surface area contributed by atoms with Gasteiger partial charge in [-0.2, -0.15) is 4.98 Å². The van der Waals surface area contributed by atoms with Crippen molar-refractivity contribution in [1.29, 1.82) is 0 Å². The van der Waals surface area contributed by atoms with Gasteiger partial charge in [-0.15, -0.1) is 0 Å². The van der Waals surface area contributed by atoms with E-state index in [1.54, 1.807) is 6.20 Å². The van der Waals surface area contributed by atoms with Crippen LogP contribution in [-0.4, -0.2) is 31.1 Å². The second kappa shape index (κ2) is 6.80. The summed E-state index contributed by atoms with van der Waals surface area (Å²) in [7, 11) is 0. The molecule has 0 N–H and O–H groups in total. The van der Waals surface area contributed by atoms with Crippen molar-refractivity contribution in [1.82, 2.24) is 24.6 Å². The molecular weight excluding hydrogens is 314 g/mol. The van der Waals surface area contributed by atoms with E-state index in [0.29, 0.717) is 5.92 Å². The molecule has 2 aromatic heterocycles. The number of likely N-dealkylation sites (tertiary alicyclic amines) is 1. The fourth-order valence-electron chi connectivity index (χ4n) is 3.33. The molecular formula is C19H23N5O. The number of hydrogen-bond acceptors (Lipinski definition) is 5. The van der Waals surface area contributed by atoms with Crippen LogP contribution in [-0.2, 0) is 6.54 Å². The molecule has 6 nitrogen and oxygen atoms in total. The van der Waals surface area contributed by atoms with Crippen LogP contribution >= 0.6 is 0 Å². The molecule has 1 saturated heterocycles. The Kier molecular flexibility index (Phi) is 4.36. The third kappa shape index (κ3) is 3.35. The average Bonchev–Trinajstić information content (AvgIpc) is 3.36. The van der Waals surface area contributed by atoms with E-state index in [1.807, 2.05) is 17.1 Å². The molecule has 0 radical (unpaired) electrons. The number of nitrogens with zero attached hydrogens (tertiary/aromatic N) is 5. The molecule has 1 atom stereocenters. The first-order valence-corrected chi connectivity index (χ1v) is 8.85. The van der Waals surface area contributed by atoms with Crippen molar-refractivity contribution in [3.8, 4) is 5.69 Å². The van der Waals surface area contributed by atoms with Crippen molar-refractivity contribution in [3.63, 3.8) is 0 Å². The van der Waals surface area contributed by atoms with Crippen molar-refractivity contribution in [3.05, 3.63) is 60.3 Å². The number of hydrogen-bond donors (Lipinski definition) is 0. The first kappa shape index (κ1) is 16.0. The molecule has 6 heteroatoms. The molecule has 3 heterocycles. The van der Waals surface area contributed by atoms with Crippen molar-refractivity contribution in [2.24, 2.45) is 0 Å². The van der Waals surface area contributed by atoms with Gasteiger partial charge in [0.25, 0.3) is 0 Å². The van der Waals surface area contributed by atoms with Crippen LogP contribution in [0.5, 0.6) is 0 Å². The molecule has 1 fully saturated rings. The van der Waals surface area contributed by atoms with Crippen LogP contribution in [0.1, 0.15) is 55.9 Å². The molecule has 25 heavy (non-hydrogen) atoms. The fraction of sp³-hybridized carbons (Fsp3) is 0.421. The lowest BCUT2D eigenvalue weighted by Gasteiger charge is -2.21. The Morgan fingerprint density at radius 2 is 2.08 bits per heavy atom. The molecule has 0 aliphatic carbocycles. The standard InChI is InChI=1S/C19H23N5O/c1-14(2)18-21-19(25-22-18)17-4-3-10-23(17)12-15-5-7-16(8-6-15)24-11-9-20-13-24/h5-9,11,13-14,17H,3-4,10,12H2,1-2H3. The van der Waals surface area contributed by atoms with E-state index in [-0.39, 0.29) is 6.04 Å². The normalized spacial score (nSPS) is 18.3. The Morgan fingerprint density at radius 3 is 2.76 bits per heavy atom. The summed E-state index contributed by atoms with van der Waals surface area (Å²) in [5.74, 6) is 1.85. The van der Waals surface area contributed by atoms with Crippen LogP contribution < -0.4 is 0 Å². The van der Waals surface area contributed by atoms with Crippen molar-refractivity contribution < 1.29 is 4.52 Å². The van der Waals surface area contributed by atoms with Gasteiger partial charge in [-0.25, -0.2) is 4.98 Å². The van der Waals surface area contributed by atoms with Crippen LogP contribution in [0.2, 0.25) is 0 Å². The van der Waals surface area contributed by atoms with E-state index in [0.717, 1.165) is 43.3 Å². The van der Waals surface area contributed by atoms with Crippen LogP contribution in [0, 0.1) is 0 Å². The zero-order valence-electron chi connectivity index (χ0n) is 14.7. The van der Waals surface area contributed by atoms with Gasteiger partial charge < -0.3 is 9.09 Å². The minimum Gasteiger partial charge on any atom is -0.338 e. The summed E-state index contributed by atoms with van der Waals surface area (Å²) < 4.78 is 7.54. The second-order valence-corrected chi connectivity index (χ2v) is 6.91. The maximum atomic E-state index is 5.53. The van der Waals surface area contributed by atoms with Crippen LogP contribution in [0.25, 0.3) is 5.69 Å². The van der Waals surface area contributed by atoms with Gasteiger partial charge in [0.2, 0.25) is 5.89 Å². The zero-order chi connectivity index (χ0) is 17.2. The van der Waals surface area contributed by atoms with Gasteiger partial charge in [-0.05, 0) is 37.1 Å². The molecule has 4 rings (SSSR count). The number of benzene rings is 1. The quantitative estimate of drug-likeness (QED) is 0.710. The summed E-state index contributed by atoms with van der Waals surface area (Å²) in [6, 6.07) is 8.85. The maximum absolute atomic E-state index is 5.53. The van der Waals surface area contributed by atoms with Crippen molar-refractivity contribution in [2.75, 3.05) is 6.54 Å². The molecule has 1 aliphatic heterocycles. The molecule has 0 spiro atoms. The minimum atomic E-state index is 0.230. The molecule has 0 saturated carbocycles. The third-order valence-corrected chi connectivity index (χ3v) is 4.75. The van der Waals surface area contributed by atoms with E-state index >= 15 is 0 Å². The Labute approximate surface area is 147 Å². The van der Waals surface area contributed by atoms with Crippen LogP contribution in [0.15, 0.2) is 47.5 Å². The Hall–Kier alpha value is -2.47. The Morgan fingerprint density at radius 1 is 1.24 bits per heavy atom. The summed E-state index contributed by atoms with van der Waals surface area (Å²) in [6.45, 7) is 6.13. The predicted octanol–water partition coefficient (Wildman–Crippen LogP) is 3.72. The van der Waals surface area contributed by atoms with Gasteiger partial charge in [0.05, 0.1) is 12.4 Å². The van der Waals surface area contributed by atoms with Gasteiger partial charge in [-0.1, -0.05) is 31.1 Å². The highest BCUT2D eigenvalue weighted by molar-refractivity contribution is 5.34. The molecule has 1 aromatic carbocycles. The summed E-state index contributed by atoms with van der Waals surface area (Å²) in [5, 5.41) is 4.12. The summed E-state index contributed by atoms with van der Waals surface area (Å²) in [6.07, 6.45) is 7.80. The van der Waals surface area contributed by atoms with Gasteiger partial charge >= 0.3 is 0 Å². The fourth-order valence-corrected chi connectivity index (χ4v) is 3.33.